The second-order valence-electron chi connectivity index (χ2n) is 7.67. The van der Waals surface area contributed by atoms with Gasteiger partial charge in [0.15, 0.2) is 0 Å². The van der Waals surface area contributed by atoms with Gasteiger partial charge in [0.25, 0.3) is 5.78 Å². The maximum atomic E-state index is 12.7. The summed E-state index contributed by atoms with van der Waals surface area (Å²) < 4.78 is 5.47. The third-order valence-electron chi connectivity index (χ3n) is 5.58. The highest BCUT2D eigenvalue weighted by Crippen LogP contribution is 2.32. The molecule has 33 heavy (non-hydrogen) atoms. The summed E-state index contributed by atoms with van der Waals surface area (Å²) in [6.07, 6.45) is 9.13. The summed E-state index contributed by atoms with van der Waals surface area (Å²) in [6.45, 7) is 0.475. The lowest BCUT2D eigenvalue weighted by Gasteiger charge is -2.27. The first-order valence-corrected chi connectivity index (χ1v) is 10.5. The van der Waals surface area contributed by atoms with Gasteiger partial charge in [-0.2, -0.15) is 0 Å². The van der Waals surface area contributed by atoms with Crippen LogP contribution in [0.4, 0.5) is 5.69 Å². The van der Waals surface area contributed by atoms with Gasteiger partial charge in [0.2, 0.25) is 5.78 Å². The average Bonchev–Trinajstić information content (AvgIpc) is 2.87. The summed E-state index contributed by atoms with van der Waals surface area (Å²) in [5, 5.41) is 0. The summed E-state index contributed by atoms with van der Waals surface area (Å²) in [4.78, 5) is 33.6. The Labute approximate surface area is 191 Å². The van der Waals surface area contributed by atoms with Gasteiger partial charge in [-0.15, -0.1) is 0 Å². The molecule has 0 saturated carbocycles. The van der Waals surface area contributed by atoms with Crippen LogP contribution in [0.1, 0.15) is 21.6 Å². The molecule has 6 heteroatoms. The normalized spacial score (nSPS) is 14.9. The van der Waals surface area contributed by atoms with Crippen molar-refractivity contribution >= 4 is 23.0 Å². The van der Waals surface area contributed by atoms with E-state index in [0.29, 0.717) is 23.6 Å². The largest absolute Gasteiger partial charge is 0.496 e. The minimum atomic E-state index is -0.626. The maximum absolute atomic E-state index is 12.7. The number of Topliss-reactive ketones (excluding diaryl/α,β-unsaturated/α-hetero) is 1. The van der Waals surface area contributed by atoms with Crippen LogP contribution in [0, 0.1) is 0 Å². The molecular weight excluding hydrogens is 414 g/mol. The van der Waals surface area contributed by atoms with Gasteiger partial charge in [-0.05, 0) is 23.8 Å². The fraction of sp³-hybridized carbons (Fsp3) is 0.0741. The van der Waals surface area contributed by atoms with Gasteiger partial charge in [-0.25, -0.2) is 4.98 Å². The number of ether oxygens (including phenoxy) is 1. The molecular formula is C27H21N3O3. The van der Waals surface area contributed by atoms with Gasteiger partial charge < -0.3 is 14.5 Å². The molecule has 2 heterocycles. The lowest BCUT2D eigenvalue weighted by Crippen LogP contribution is -2.25. The van der Waals surface area contributed by atoms with Crippen LogP contribution in [-0.4, -0.2) is 28.6 Å². The first-order valence-electron chi connectivity index (χ1n) is 10.5. The molecule has 0 fully saturated rings. The van der Waals surface area contributed by atoms with Crippen LogP contribution < -0.4 is 4.90 Å². The Morgan fingerprint density at radius 3 is 2.21 bits per heavy atom. The predicted molar refractivity (Wildman–Crippen MR) is 127 cm³/mol. The van der Waals surface area contributed by atoms with Crippen molar-refractivity contribution in [3.63, 3.8) is 0 Å². The van der Waals surface area contributed by atoms with Crippen LogP contribution in [0.2, 0.25) is 0 Å². The Balaban J connectivity index is 1.53. The third kappa shape index (κ3) is 3.94. The van der Waals surface area contributed by atoms with Crippen molar-refractivity contribution in [2.24, 2.45) is 0 Å². The molecule has 1 aliphatic carbocycles. The number of methoxy groups -OCH3 is 1. The van der Waals surface area contributed by atoms with Crippen LogP contribution in [0.5, 0.6) is 0 Å². The fourth-order valence-corrected chi connectivity index (χ4v) is 3.94. The zero-order valence-electron chi connectivity index (χ0n) is 18.0. The number of pyridine rings is 1. The molecule has 1 aliphatic heterocycles. The average molecular weight is 435 g/mol. The molecule has 6 nitrogen and oxygen atoms in total. The van der Waals surface area contributed by atoms with Gasteiger partial charge in [-0.3, -0.25) is 9.59 Å². The summed E-state index contributed by atoms with van der Waals surface area (Å²) >= 11 is 0. The second kappa shape index (κ2) is 8.59. The zero-order valence-corrected chi connectivity index (χ0v) is 18.0. The molecule has 2 aromatic carbocycles. The number of ketones is 2. The standard InChI is InChI=1S/C27H21N3O3/c1-33-24-17-23(31)27(32)26-25(24)20(16-22(28-26)19-8-4-2-5-9-19)18-29-12-14-30(15-13-29)21-10-6-3-7-11-21/h2-17H,18H2,1H3. The fourth-order valence-electron chi connectivity index (χ4n) is 3.94. The Bertz CT molecular complexity index is 1300. The van der Waals surface area contributed by atoms with E-state index >= 15 is 0 Å². The van der Waals surface area contributed by atoms with Gasteiger partial charge >= 0.3 is 0 Å². The molecule has 0 atom stereocenters. The van der Waals surface area contributed by atoms with Crippen molar-refractivity contribution < 1.29 is 14.3 Å². The number of benzene rings is 2. The van der Waals surface area contributed by atoms with E-state index in [-0.39, 0.29) is 5.69 Å². The molecule has 0 spiro atoms. The number of anilines is 1. The molecule has 0 bridgehead atoms. The summed E-state index contributed by atoms with van der Waals surface area (Å²) in [5.41, 5.74) is 4.11. The van der Waals surface area contributed by atoms with E-state index in [1.807, 2.05) is 101 Å². The molecule has 5 rings (SSSR count). The highest BCUT2D eigenvalue weighted by Gasteiger charge is 2.31. The van der Waals surface area contributed by atoms with E-state index in [9.17, 15) is 9.59 Å². The van der Waals surface area contributed by atoms with Crippen molar-refractivity contribution in [1.82, 2.24) is 9.88 Å². The van der Waals surface area contributed by atoms with Crippen molar-refractivity contribution in [3.05, 3.63) is 114 Å². The smallest absolute Gasteiger partial charge is 0.252 e. The van der Waals surface area contributed by atoms with E-state index in [1.165, 1.54) is 13.2 Å². The number of hydrogen-bond donors (Lipinski definition) is 0. The van der Waals surface area contributed by atoms with E-state index in [0.717, 1.165) is 16.8 Å². The Hall–Kier alpha value is -4.45. The van der Waals surface area contributed by atoms with Crippen molar-refractivity contribution in [3.8, 4) is 11.3 Å². The van der Waals surface area contributed by atoms with E-state index in [2.05, 4.69) is 4.98 Å². The Morgan fingerprint density at radius 2 is 1.55 bits per heavy atom. The predicted octanol–water partition coefficient (Wildman–Crippen LogP) is 4.77. The number of carbonyl (C=O) groups is 2. The molecule has 0 N–H and O–H groups in total. The van der Waals surface area contributed by atoms with Crippen LogP contribution in [0.15, 0.2) is 97.6 Å². The van der Waals surface area contributed by atoms with E-state index in [4.69, 9.17) is 4.74 Å². The number of rotatable bonds is 5. The molecule has 0 unspecified atom stereocenters. The van der Waals surface area contributed by atoms with Gasteiger partial charge in [-0.1, -0.05) is 48.5 Å². The first-order chi connectivity index (χ1) is 16.1. The SMILES string of the molecule is COC1=CC(=O)C(=O)c2nc(-c3ccccc3)cc(CN3C=CN(c4ccccc4)C=C3)c21. The van der Waals surface area contributed by atoms with Crippen LogP contribution in [0.3, 0.4) is 0 Å². The maximum Gasteiger partial charge on any atom is 0.252 e. The van der Waals surface area contributed by atoms with Crippen molar-refractivity contribution in [2.45, 2.75) is 6.54 Å². The Morgan fingerprint density at radius 1 is 0.879 bits per heavy atom. The van der Waals surface area contributed by atoms with Gasteiger partial charge in [0, 0.05) is 48.7 Å². The summed E-state index contributed by atoms with van der Waals surface area (Å²) in [7, 11) is 1.49. The van der Waals surface area contributed by atoms with Crippen LogP contribution in [-0.2, 0) is 16.1 Å². The molecule has 3 aromatic rings. The quantitative estimate of drug-likeness (QED) is 0.538. The molecule has 0 radical (unpaired) electrons. The topological polar surface area (TPSA) is 62.7 Å². The number of nitrogens with zero attached hydrogens (tertiary/aromatic N) is 3. The molecule has 1 aromatic heterocycles. The Kier molecular flexibility index (Phi) is 5.32. The van der Waals surface area contributed by atoms with E-state index in [1.54, 1.807) is 0 Å². The highest BCUT2D eigenvalue weighted by atomic mass is 16.5. The van der Waals surface area contributed by atoms with Crippen LogP contribution >= 0.6 is 0 Å². The minimum Gasteiger partial charge on any atom is -0.496 e. The number of aromatic nitrogens is 1. The zero-order chi connectivity index (χ0) is 22.8. The van der Waals surface area contributed by atoms with E-state index < -0.39 is 11.6 Å². The number of allylic oxidation sites excluding steroid dienone is 1. The molecule has 2 aliphatic rings. The van der Waals surface area contributed by atoms with Gasteiger partial charge in [0.1, 0.15) is 11.5 Å². The number of para-hydroxylation sites is 1. The number of fused-ring (bicyclic) bond motifs is 1. The summed E-state index contributed by atoms with van der Waals surface area (Å²) in [5.74, 6) is -0.892. The van der Waals surface area contributed by atoms with Crippen molar-refractivity contribution in [1.29, 1.82) is 0 Å². The van der Waals surface area contributed by atoms with Gasteiger partial charge in [0.05, 0.1) is 18.4 Å². The van der Waals surface area contributed by atoms with Crippen LogP contribution in [0.25, 0.3) is 17.0 Å². The monoisotopic (exact) mass is 435 g/mol. The molecule has 0 saturated heterocycles. The molecule has 162 valence electrons. The van der Waals surface area contributed by atoms with Crippen molar-refractivity contribution in [2.75, 3.05) is 12.0 Å². The number of hydrogen-bond acceptors (Lipinski definition) is 6. The first kappa shape index (κ1) is 20.5. The molecule has 0 amide bonds. The summed E-state index contributed by atoms with van der Waals surface area (Å²) in [6, 6.07) is 21.6. The highest BCUT2D eigenvalue weighted by molar-refractivity contribution is 6.50. The second-order valence-corrected chi connectivity index (χ2v) is 7.67. The number of carbonyl (C=O) groups excluding carboxylic acids is 2. The third-order valence-corrected chi connectivity index (χ3v) is 5.58. The minimum absolute atomic E-state index is 0.131. The lowest BCUT2D eigenvalue weighted by atomic mass is 9.92. The lowest BCUT2D eigenvalue weighted by molar-refractivity contribution is -0.111.